The molecule has 2 N–H and O–H groups in total. The van der Waals surface area contributed by atoms with Gasteiger partial charge < -0.3 is 14.9 Å². The molecule has 4 rings (SSSR count). The highest BCUT2D eigenvalue weighted by Gasteiger charge is 2.60. The van der Waals surface area contributed by atoms with Crippen LogP contribution in [0.2, 0.25) is 0 Å². The quantitative estimate of drug-likeness (QED) is 0.281. The van der Waals surface area contributed by atoms with E-state index in [2.05, 4.69) is 26.8 Å². The molecule has 0 unspecified atom stereocenters. The summed E-state index contributed by atoms with van der Waals surface area (Å²) in [6, 6.07) is 0. The molecule has 8 atom stereocenters. The van der Waals surface area contributed by atoms with Crippen LogP contribution in [0.5, 0.6) is 0 Å². The van der Waals surface area contributed by atoms with Gasteiger partial charge in [0.1, 0.15) is 0 Å². The second kappa shape index (κ2) is 9.78. The van der Waals surface area contributed by atoms with Crippen LogP contribution in [-0.4, -0.2) is 35.0 Å². The van der Waals surface area contributed by atoms with Crippen LogP contribution in [0.1, 0.15) is 104 Å². The molecule has 0 spiro atoms. The largest absolute Gasteiger partial charge is 0.465 e. The third-order valence-corrected chi connectivity index (χ3v) is 10.2. The van der Waals surface area contributed by atoms with E-state index in [-0.39, 0.29) is 34.7 Å². The van der Waals surface area contributed by atoms with Crippen molar-refractivity contribution >= 4 is 5.97 Å². The summed E-state index contributed by atoms with van der Waals surface area (Å²) >= 11 is 0. The number of unbranched alkanes of at least 4 members (excludes halogenated alkanes) is 5. The Kier molecular flexibility index (Phi) is 7.41. The van der Waals surface area contributed by atoms with E-state index in [1.165, 1.54) is 31.3 Å². The average Bonchev–Trinajstić information content (AvgIpc) is 3.08. The summed E-state index contributed by atoms with van der Waals surface area (Å²) in [5, 5.41) is 21.9. The molecule has 4 aliphatic rings. The third kappa shape index (κ3) is 4.31. The van der Waals surface area contributed by atoms with E-state index in [9.17, 15) is 15.0 Å². The summed E-state index contributed by atoms with van der Waals surface area (Å²) in [7, 11) is 0. The molecule has 4 nitrogen and oxygen atoms in total. The number of fused-ring (bicyclic) bond motifs is 5. The van der Waals surface area contributed by atoms with E-state index in [0.29, 0.717) is 18.4 Å². The zero-order chi connectivity index (χ0) is 22.9. The maximum atomic E-state index is 12.8. The molecular weight excluding hydrogens is 400 g/mol. The lowest BCUT2D eigenvalue weighted by Gasteiger charge is -2.58. The van der Waals surface area contributed by atoms with E-state index < -0.39 is 6.10 Å². The van der Waals surface area contributed by atoms with E-state index in [4.69, 9.17) is 4.74 Å². The van der Waals surface area contributed by atoms with Crippen molar-refractivity contribution in [1.29, 1.82) is 0 Å². The summed E-state index contributed by atoms with van der Waals surface area (Å²) in [5.41, 5.74) is 1.33. The minimum atomic E-state index is -0.448. The summed E-state index contributed by atoms with van der Waals surface area (Å²) in [6.45, 7) is 7.40. The molecule has 4 heteroatoms. The molecule has 3 saturated carbocycles. The van der Waals surface area contributed by atoms with Gasteiger partial charge in [0.15, 0.2) is 0 Å². The number of allylic oxidation sites excluding steroid dienone is 1. The molecule has 0 aromatic rings. The minimum Gasteiger partial charge on any atom is -0.465 e. The van der Waals surface area contributed by atoms with Crippen molar-refractivity contribution in [3.05, 3.63) is 11.6 Å². The Balaban J connectivity index is 1.36. The highest BCUT2D eigenvalue weighted by atomic mass is 16.5. The van der Waals surface area contributed by atoms with Gasteiger partial charge in [-0.25, -0.2) is 0 Å². The van der Waals surface area contributed by atoms with Gasteiger partial charge in [-0.15, -0.1) is 0 Å². The fourth-order valence-corrected chi connectivity index (χ4v) is 8.00. The lowest BCUT2D eigenvalue weighted by Crippen LogP contribution is -2.55. The van der Waals surface area contributed by atoms with Gasteiger partial charge in [0.05, 0.1) is 24.7 Å². The van der Waals surface area contributed by atoms with E-state index in [1.54, 1.807) is 0 Å². The lowest BCUT2D eigenvalue weighted by molar-refractivity contribution is -0.151. The fourth-order valence-electron chi connectivity index (χ4n) is 8.00. The number of hydrogen-bond acceptors (Lipinski definition) is 4. The minimum absolute atomic E-state index is 0.0340. The van der Waals surface area contributed by atoms with E-state index in [1.807, 2.05) is 0 Å². The molecule has 0 radical (unpaired) electrons. The number of esters is 1. The van der Waals surface area contributed by atoms with Crippen molar-refractivity contribution in [3.8, 4) is 0 Å². The molecule has 182 valence electrons. The van der Waals surface area contributed by atoms with Crippen molar-refractivity contribution in [2.75, 3.05) is 6.61 Å². The number of aliphatic hydroxyl groups excluding tert-OH is 2. The molecule has 0 heterocycles. The van der Waals surface area contributed by atoms with Crippen molar-refractivity contribution in [2.45, 2.75) is 116 Å². The predicted octanol–water partition coefficient (Wildman–Crippen LogP) is 5.80. The molecule has 0 aromatic carbocycles. The second-order valence-electron chi connectivity index (χ2n) is 11.9. The first-order valence-electron chi connectivity index (χ1n) is 13.5. The molecular formula is C28H46O4. The van der Waals surface area contributed by atoms with Gasteiger partial charge in [0.25, 0.3) is 0 Å². The lowest BCUT2D eigenvalue weighted by atomic mass is 9.47. The monoisotopic (exact) mass is 446 g/mol. The summed E-state index contributed by atoms with van der Waals surface area (Å²) < 4.78 is 5.66. The zero-order valence-electron chi connectivity index (χ0n) is 20.7. The summed E-state index contributed by atoms with van der Waals surface area (Å²) in [5.74, 6) is 1.02. The van der Waals surface area contributed by atoms with Gasteiger partial charge in [-0.1, -0.05) is 64.5 Å². The first-order chi connectivity index (χ1) is 15.3. The number of aliphatic hydroxyl groups is 2. The number of ether oxygens (including phenoxy) is 1. The van der Waals surface area contributed by atoms with Gasteiger partial charge >= 0.3 is 5.97 Å². The van der Waals surface area contributed by atoms with E-state index in [0.717, 1.165) is 57.8 Å². The first-order valence-corrected chi connectivity index (χ1v) is 13.5. The smallest absolute Gasteiger partial charge is 0.309 e. The van der Waals surface area contributed by atoms with Crippen LogP contribution in [0.25, 0.3) is 0 Å². The topological polar surface area (TPSA) is 66.8 Å². The fraction of sp³-hybridized carbons (Fsp3) is 0.893. The Morgan fingerprint density at radius 2 is 1.75 bits per heavy atom. The molecule has 4 aliphatic carbocycles. The van der Waals surface area contributed by atoms with Gasteiger partial charge in [-0.3, -0.25) is 4.79 Å². The van der Waals surface area contributed by atoms with Gasteiger partial charge in [-0.2, -0.15) is 0 Å². The van der Waals surface area contributed by atoms with Crippen LogP contribution in [0, 0.1) is 34.5 Å². The van der Waals surface area contributed by atoms with Crippen LogP contribution in [0.3, 0.4) is 0 Å². The van der Waals surface area contributed by atoms with Crippen molar-refractivity contribution < 1.29 is 19.7 Å². The maximum absolute atomic E-state index is 12.8. The Hall–Kier alpha value is -0.870. The Bertz CT molecular complexity index is 702. The number of carbonyl (C=O) groups is 1. The van der Waals surface area contributed by atoms with Crippen molar-refractivity contribution in [2.24, 2.45) is 34.5 Å². The molecule has 3 fully saturated rings. The van der Waals surface area contributed by atoms with Gasteiger partial charge in [0, 0.05) is 0 Å². The molecule has 32 heavy (non-hydrogen) atoms. The standard InChI is InChI=1S/C28H46O4/c1-4-5-6-7-8-9-16-32-26(31)19-12-14-27(2)20(17-19)18-23(29)25-21-10-11-24(30)28(21,3)15-13-22(25)27/h18-19,21-25,29-30H,4-17H2,1-3H3/t19-,21-,22-,23-,24-,25-,27-,28-/m0/s1. The predicted molar refractivity (Wildman–Crippen MR) is 127 cm³/mol. The van der Waals surface area contributed by atoms with Crippen molar-refractivity contribution in [1.82, 2.24) is 0 Å². The van der Waals surface area contributed by atoms with Gasteiger partial charge in [-0.05, 0) is 80.0 Å². The average molecular weight is 447 g/mol. The SMILES string of the molecule is CCCCCCCCOC(=O)[C@H]1CC[C@@]2(C)C(=C[C@H](O)[C@H]3[C@@H]4CC[C@H](O)[C@@]4(C)CC[C@@H]32)C1. The zero-order valence-corrected chi connectivity index (χ0v) is 20.7. The summed E-state index contributed by atoms with van der Waals surface area (Å²) in [4.78, 5) is 12.8. The van der Waals surface area contributed by atoms with Gasteiger partial charge in [0.2, 0.25) is 0 Å². The highest BCUT2D eigenvalue weighted by molar-refractivity contribution is 5.73. The summed E-state index contributed by atoms with van der Waals surface area (Å²) in [6.07, 6.45) is 15.3. The third-order valence-electron chi connectivity index (χ3n) is 10.2. The van der Waals surface area contributed by atoms with Crippen LogP contribution >= 0.6 is 0 Å². The van der Waals surface area contributed by atoms with E-state index >= 15 is 0 Å². The first kappa shape index (κ1) is 24.3. The molecule has 0 bridgehead atoms. The van der Waals surface area contributed by atoms with Crippen LogP contribution in [0.15, 0.2) is 11.6 Å². The maximum Gasteiger partial charge on any atom is 0.309 e. The number of hydrogen-bond donors (Lipinski definition) is 2. The molecule has 0 amide bonds. The van der Waals surface area contributed by atoms with Crippen molar-refractivity contribution in [3.63, 3.8) is 0 Å². The van der Waals surface area contributed by atoms with Crippen LogP contribution in [-0.2, 0) is 9.53 Å². The van der Waals surface area contributed by atoms with Crippen LogP contribution in [0.4, 0.5) is 0 Å². The Labute approximate surface area is 195 Å². The molecule has 0 aromatic heterocycles. The number of rotatable bonds is 8. The van der Waals surface area contributed by atoms with Crippen LogP contribution < -0.4 is 0 Å². The second-order valence-corrected chi connectivity index (χ2v) is 11.9. The molecule has 0 saturated heterocycles. The number of carbonyl (C=O) groups excluding carboxylic acids is 1. The Morgan fingerprint density at radius 1 is 1.00 bits per heavy atom. The Morgan fingerprint density at radius 3 is 2.53 bits per heavy atom. The highest BCUT2D eigenvalue weighted by Crippen LogP contribution is 2.65. The molecule has 0 aliphatic heterocycles. The normalized spacial score (nSPS) is 43.1.